The van der Waals surface area contributed by atoms with Crippen LogP contribution in [0.25, 0.3) is 22.2 Å². The van der Waals surface area contributed by atoms with Crippen molar-refractivity contribution in [2.45, 2.75) is 19.4 Å². The number of benzene rings is 3. The highest BCUT2D eigenvalue weighted by atomic mass is 16.3. The molecular formula is C25H22N2O3. The number of hydrogen-bond acceptors (Lipinski definition) is 4. The summed E-state index contributed by atoms with van der Waals surface area (Å²) in [6.07, 6.45) is 0.700. The number of carbonyl (C=O) groups excluding carboxylic acids is 1. The smallest absolute Gasteiger partial charge is 0.256 e. The topological polar surface area (TPSA) is 82.5 Å². The number of phenolic OH excluding ortho intramolecular Hbond substituents is 1. The standard InChI is InChI=1S/C25H22N2O3/c1-2-20(16-9-5-3-6-10-16)27-25(30)22-19-14-13-18(28)15-21(19)26-23(24(22)29)17-11-7-4-8-12-17/h3-15,20,28-29H,2H2,1H3,(H,27,30)/t20-/m0/s1. The van der Waals surface area contributed by atoms with Crippen molar-refractivity contribution in [1.82, 2.24) is 10.3 Å². The number of phenols is 1. The Hall–Kier alpha value is -3.86. The molecule has 4 rings (SSSR count). The summed E-state index contributed by atoms with van der Waals surface area (Å²) in [5, 5.41) is 24.5. The molecule has 0 aliphatic carbocycles. The van der Waals surface area contributed by atoms with E-state index in [1.54, 1.807) is 6.07 Å². The summed E-state index contributed by atoms with van der Waals surface area (Å²) in [6, 6.07) is 23.3. The molecule has 0 saturated heterocycles. The molecule has 0 unspecified atom stereocenters. The van der Waals surface area contributed by atoms with Crippen LogP contribution < -0.4 is 5.32 Å². The largest absolute Gasteiger partial charge is 0.508 e. The van der Waals surface area contributed by atoms with Crippen LogP contribution in [0, 0.1) is 0 Å². The van der Waals surface area contributed by atoms with Gasteiger partial charge in [0.05, 0.1) is 17.1 Å². The van der Waals surface area contributed by atoms with E-state index in [0.717, 1.165) is 5.56 Å². The third kappa shape index (κ3) is 3.70. The second-order valence-corrected chi connectivity index (χ2v) is 7.10. The van der Waals surface area contributed by atoms with Crippen molar-refractivity contribution < 1.29 is 15.0 Å². The summed E-state index contributed by atoms with van der Waals surface area (Å²) in [7, 11) is 0. The Labute approximate surface area is 174 Å². The van der Waals surface area contributed by atoms with E-state index in [1.165, 1.54) is 12.1 Å². The van der Waals surface area contributed by atoms with Gasteiger partial charge in [0, 0.05) is 17.0 Å². The van der Waals surface area contributed by atoms with Gasteiger partial charge >= 0.3 is 0 Å². The van der Waals surface area contributed by atoms with Crippen LogP contribution in [0.4, 0.5) is 0 Å². The lowest BCUT2D eigenvalue weighted by atomic mass is 10.00. The highest BCUT2D eigenvalue weighted by Crippen LogP contribution is 2.36. The number of nitrogens with one attached hydrogen (secondary N) is 1. The minimum Gasteiger partial charge on any atom is -0.508 e. The van der Waals surface area contributed by atoms with Crippen LogP contribution in [0.2, 0.25) is 0 Å². The molecule has 0 saturated carbocycles. The van der Waals surface area contributed by atoms with E-state index in [1.807, 2.05) is 67.6 Å². The average molecular weight is 398 g/mol. The Kier molecular flexibility index (Phi) is 5.35. The third-order valence-corrected chi connectivity index (χ3v) is 5.13. The maximum absolute atomic E-state index is 13.3. The highest BCUT2D eigenvalue weighted by Gasteiger charge is 2.23. The zero-order valence-electron chi connectivity index (χ0n) is 16.5. The molecular weight excluding hydrogens is 376 g/mol. The molecule has 0 bridgehead atoms. The summed E-state index contributed by atoms with van der Waals surface area (Å²) in [5.41, 5.74) is 2.56. The second kappa shape index (κ2) is 8.25. The minimum absolute atomic E-state index is 0.0433. The lowest BCUT2D eigenvalue weighted by molar-refractivity contribution is 0.0934. The first-order valence-electron chi connectivity index (χ1n) is 9.85. The molecule has 1 aromatic heterocycles. The Bertz CT molecular complexity index is 1190. The Morgan fingerprint density at radius 3 is 2.30 bits per heavy atom. The molecule has 0 aliphatic rings. The molecule has 150 valence electrons. The van der Waals surface area contributed by atoms with Crippen LogP contribution in [0.5, 0.6) is 11.5 Å². The summed E-state index contributed by atoms with van der Waals surface area (Å²) in [4.78, 5) is 17.8. The highest BCUT2D eigenvalue weighted by molar-refractivity contribution is 6.10. The maximum atomic E-state index is 13.3. The predicted molar refractivity (Wildman–Crippen MR) is 117 cm³/mol. The predicted octanol–water partition coefficient (Wildman–Crippen LogP) is 5.19. The van der Waals surface area contributed by atoms with Gasteiger partial charge in [0.2, 0.25) is 0 Å². The lowest BCUT2D eigenvalue weighted by Crippen LogP contribution is -2.28. The molecule has 4 aromatic rings. The molecule has 1 atom stereocenters. The van der Waals surface area contributed by atoms with Gasteiger partial charge in [-0.1, -0.05) is 67.6 Å². The van der Waals surface area contributed by atoms with Crippen LogP contribution in [0.3, 0.4) is 0 Å². The molecule has 30 heavy (non-hydrogen) atoms. The molecule has 0 spiro atoms. The first-order chi connectivity index (χ1) is 14.6. The molecule has 0 aliphatic heterocycles. The SMILES string of the molecule is CC[C@H](NC(=O)c1c(O)c(-c2ccccc2)nc2cc(O)ccc12)c1ccccc1. The fourth-order valence-corrected chi connectivity index (χ4v) is 3.61. The third-order valence-electron chi connectivity index (χ3n) is 5.13. The van der Waals surface area contributed by atoms with Gasteiger partial charge in [-0.3, -0.25) is 4.79 Å². The van der Waals surface area contributed by atoms with Crippen LogP contribution in [0.1, 0.15) is 35.3 Å². The van der Waals surface area contributed by atoms with Crippen molar-refractivity contribution >= 4 is 16.8 Å². The van der Waals surface area contributed by atoms with Crippen molar-refractivity contribution in [3.05, 3.63) is 90.0 Å². The molecule has 1 heterocycles. The number of aromatic nitrogens is 1. The van der Waals surface area contributed by atoms with Crippen molar-refractivity contribution in [3.63, 3.8) is 0 Å². The lowest BCUT2D eigenvalue weighted by Gasteiger charge is -2.19. The molecule has 0 radical (unpaired) electrons. The number of hydrogen-bond donors (Lipinski definition) is 3. The van der Waals surface area contributed by atoms with E-state index in [0.29, 0.717) is 28.6 Å². The molecule has 1 amide bonds. The van der Waals surface area contributed by atoms with Gasteiger partial charge in [0.1, 0.15) is 11.4 Å². The monoisotopic (exact) mass is 398 g/mol. The van der Waals surface area contributed by atoms with Gasteiger partial charge in [-0.05, 0) is 24.1 Å². The number of aromatic hydroxyl groups is 2. The Morgan fingerprint density at radius 2 is 1.63 bits per heavy atom. The van der Waals surface area contributed by atoms with Gasteiger partial charge in [0.25, 0.3) is 5.91 Å². The van der Waals surface area contributed by atoms with E-state index >= 15 is 0 Å². The maximum Gasteiger partial charge on any atom is 0.256 e. The summed E-state index contributed by atoms with van der Waals surface area (Å²) < 4.78 is 0. The van der Waals surface area contributed by atoms with E-state index < -0.39 is 5.91 Å². The number of pyridine rings is 1. The van der Waals surface area contributed by atoms with Gasteiger partial charge < -0.3 is 15.5 Å². The van der Waals surface area contributed by atoms with E-state index in [2.05, 4.69) is 10.3 Å². The molecule has 3 N–H and O–H groups in total. The number of carbonyl (C=O) groups is 1. The first-order valence-corrected chi connectivity index (χ1v) is 9.85. The van der Waals surface area contributed by atoms with E-state index in [9.17, 15) is 15.0 Å². The van der Waals surface area contributed by atoms with Crippen LogP contribution in [0.15, 0.2) is 78.9 Å². The van der Waals surface area contributed by atoms with E-state index in [4.69, 9.17) is 0 Å². The zero-order valence-corrected chi connectivity index (χ0v) is 16.5. The number of rotatable bonds is 5. The van der Waals surface area contributed by atoms with Gasteiger partial charge in [-0.2, -0.15) is 0 Å². The van der Waals surface area contributed by atoms with Crippen molar-refractivity contribution in [2.75, 3.05) is 0 Å². The molecule has 5 heteroatoms. The number of amides is 1. The quantitative estimate of drug-likeness (QED) is 0.432. The Morgan fingerprint density at radius 1 is 0.967 bits per heavy atom. The zero-order chi connectivity index (χ0) is 21.1. The van der Waals surface area contributed by atoms with E-state index in [-0.39, 0.29) is 23.1 Å². The van der Waals surface area contributed by atoms with Gasteiger partial charge in [-0.25, -0.2) is 4.98 Å². The van der Waals surface area contributed by atoms with Crippen LogP contribution >= 0.6 is 0 Å². The summed E-state index contributed by atoms with van der Waals surface area (Å²) in [5.74, 6) is -0.528. The van der Waals surface area contributed by atoms with Crippen molar-refractivity contribution in [1.29, 1.82) is 0 Å². The minimum atomic E-state index is -0.390. The van der Waals surface area contributed by atoms with Crippen LogP contribution in [-0.4, -0.2) is 21.1 Å². The molecule has 5 nitrogen and oxygen atoms in total. The molecule has 0 fully saturated rings. The second-order valence-electron chi connectivity index (χ2n) is 7.10. The number of fused-ring (bicyclic) bond motifs is 1. The Balaban J connectivity index is 1.84. The summed E-state index contributed by atoms with van der Waals surface area (Å²) in [6.45, 7) is 2.00. The van der Waals surface area contributed by atoms with Crippen LogP contribution in [-0.2, 0) is 0 Å². The van der Waals surface area contributed by atoms with Gasteiger partial charge in [0.15, 0.2) is 5.75 Å². The normalized spacial score (nSPS) is 11.9. The fourth-order valence-electron chi connectivity index (χ4n) is 3.61. The van der Waals surface area contributed by atoms with Crippen molar-refractivity contribution in [3.8, 4) is 22.8 Å². The average Bonchev–Trinajstić information content (AvgIpc) is 2.78. The summed E-state index contributed by atoms with van der Waals surface area (Å²) >= 11 is 0. The first kappa shape index (κ1) is 19.5. The number of nitrogens with zero attached hydrogens (tertiary/aromatic N) is 1. The van der Waals surface area contributed by atoms with Gasteiger partial charge in [-0.15, -0.1) is 0 Å². The molecule has 3 aromatic carbocycles. The fraction of sp³-hybridized carbons (Fsp3) is 0.120. The van der Waals surface area contributed by atoms with Crippen molar-refractivity contribution in [2.24, 2.45) is 0 Å².